The summed E-state index contributed by atoms with van der Waals surface area (Å²) in [6.45, 7) is 1.01. The highest BCUT2D eigenvalue weighted by Gasteiger charge is 2.22. The number of sulfone groups is 1. The fourth-order valence-corrected chi connectivity index (χ4v) is 3.22. The van der Waals surface area contributed by atoms with Crippen molar-refractivity contribution in [1.29, 1.82) is 0 Å². The highest BCUT2D eigenvalue weighted by atomic mass is 35.5. The highest BCUT2D eigenvalue weighted by molar-refractivity contribution is 7.90. The molecule has 2 rings (SSSR count). The largest absolute Gasteiger partial charge is 0.334 e. The number of nitrogens with two attached hydrogens (primary N) is 1. The van der Waals surface area contributed by atoms with Gasteiger partial charge in [0.25, 0.3) is 11.6 Å². The molecule has 0 fully saturated rings. The quantitative estimate of drug-likeness (QED) is 0.509. The normalized spacial score (nSPS) is 10.8. The van der Waals surface area contributed by atoms with Gasteiger partial charge in [-0.1, -0.05) is 30.3 Å². The number of rotatable bonds is 8. The van der Waals surface area contributed by atoms with E-state index in [4.69, 9.17) is 5.73 Å². The molecule has 0 aliphatic heterocycles. The summed E-state index contributed by atoms with van der Waals surface area (Å²) in [7, 11) is -3.71. The van der Waals surface area contributed by atoms with Crippen molar-refractivity contribution in [3.05, 3.63) is 69.8 Å². The fourth-order valence-electron chi connectivity index (χ4n) is 2.55. The Hall–Kier alpha value is -2.49. The van der Waals surface area contributed by atoms with Gasteiger partial charge in [0, 0.05) is 37.0 Å². The zero-order valence-corrected chi connectivity index (χ0v) is 16.9. The number of benzene rings is 2. The lowest BCUT2D eigenvalue weighted by molar-refractivity contribution is -0.385. The van der Waals surface area contributed by atoms with E-state index in [0.29, 0.717) is 19.5 Å². The molecule has 0 saturated heterocycles. The molecule has 0 aliphatic rings. The van der Waals surface area contributed by atoms with Gasteiger partial charge in [-0.3, -0.25) is 14.9 Å². The Kier molecular flexibility index (Phi) is 8.55. The summed E-state index contributed by atoms with van der Waals surface area (Å²) in [6.07, 6.45) is 1.49. The molecule has 0 bridgehead atoms. The van der Waals surface area contributed by atoms with Crippen LogP contribution in [0.3, 0.4) is 0 Å². The number of nitro benzene ring substituents is 1. The summed E-state index contributed by atoms with van der Waals surface area (Å²) < 4.78 is 23.7. The summed E-state index contributed by atoms with van der Waals surface area (Å²) in [5.74, 6) is -0.485. The van der Waals surface area contributed by atoms with Crippen molar-refractivity contribution in [3.63, 3.8) is 0 Å². The number of hydrogen-bond acceptors (Lipinski definition) is 6. The maximum absolute atomic E-state index is 13.0. The molecule has 0 radical (unpaired) electrons. The summed E-state index contributed by atoms with van der Waals surface area (Å²) in [4.78, 5) is 24.7. The summed E-state index contributed by atoms with van der Waals surface area (Å²) in [6, 6.07) is 12.5. The standard InChI is InChI=1S/C18H21N3O5S.ClH/c1-27(25,26)17-11-15(10-16(12-17)21(23)24)18(22)20(9-5-8-19)13-14-6-3-2-4-7-14;/h2-4,6-7,10-12H,5,8-9,13,19H2,1H3;1H. The first-order valence-electron chi connectivity index (χ1n) is 8.25. The molecule has 0 aromatic heterocycles. The average Bonchev–Trinajstić information content (AvgIpc) is 2.64. The predicted molar refractivity (Wildman–Crippen MR) is 108 cm³/mol. The Labute approximate surface area is 169 Å². The molecule has 0 spiro atoms. The SMILES string of the molecule is CS(=O)(=O)c1cc(C(=O)N(CCCN)Cc2ccccc2)cc([N+](=O)[O-])c1.Cl. The van der Waals surface area contributed by atoms with Crippen LogP contribution in [-0.2, 0) is 16.4 Å². The highest BCUT2D eigenvalue weighted by Crippen LogP contribution is 2.22. The topological polar surface area (TPSA) is 124 Å². The van der Waals surface area contributed by atoms with E-state index in [0.717, 1.165) is 24.0 Å². The number of carbonyl (C=O) groups is 1. The Bertz CT molecular complexity index is 935. The second-order valence-corrected chi connectivity index (χ2v) is 8.12. The van der Waals surface area contributed by atoms with Crippen LogP contribution < -0.4 is 5.73 Å². The Morgan fingerprint density at radius 3 is 2.36 bits per heavy atom. The molecular formula is C18H22ClN3O5S. The molecular weight excluding hydrogens is 406 g/mol. The number of nitrogens with zero attached hydrogens (tertiary/aromatic N) is 2. The fraction of sp³-hybridized carbons (Fsp3) is 0.278. The maximum Gasteiger partial charge on any atom is 0.271 e. The molecule has 10 heteroatoms. The molecule has 0 heterocycles. The second-order valence-electron chi connectivity index (χ2n) is 6.10. The van der Waals surface area contributed by atoms with E-state index in [1.54, 1.807) is 0 Å². The number of nitro groups is 1. The van der Waals surface area contributed by atoms with Crippen molar-refractivity contribution in [3.8, 4) is 0 Å². The minimum Gasteiger partial charge on any atom is -0.334 e. The molecule has 2 aromatic carbocycles. The number of amides is 1. The van der Waals surface area contributed by atoms with Crippen LogP contribution in [0, 0.1) is 10.1 Å². The first kappa shape index (κ1) is 23.5. The molecule has 8 nitrogen and oxygen atoms in total. The summed E-state index contributed by atoms with van der Waals surface area (Å²) in [5.41, 5.74) is 5.94. The van der Waals surface area contributed by atoms with E-state index in [1.165, 1.54) is 11.0 Å². The summed E-state index contributed by atoms with van der Waals surface area (Å²) >= 11 is 0. The summed E-state index contributed by atoms with van der Waals surface area (Å²) in [5, 5.41) is 11.2. The third kappa shape index (κ3) is 6.29. The number of non-ortho nitro benzene ring substituents is 1. The van der Waals surface area contributed by atoms with Gasteiger partial charge < -0.3 is 10.6 Å². The van der Waals surface area contributed by atoms with E-state index in [1.807, 2.05) is 30.3 Å². The van der Waals surface area contributed by atoms with Crippen molar-refractivity contribution in [1.82, 2.24) is 4.90 Å². The first-order valence-corrected chi connectivity index (χ1v) is 10.1. The zero-order valence-electron chi connectivity index (χ0n) is 15.3. The second kappa shape index (κ2) is 10.2. The van der Waals surface area contributed by atoms with Crippen molar-refractivity contribution >= 4 is 33.8 Å². The van der Waals surface area contributed by atoms with Crippen molar-refractivity contribution in [2.45, 2.75) is 17.9 Å². The minimum atomic E-state index is -3.71. The molecule has 0 saturated carbocycles. The Morgan fingerprint density at radius 2 is 1.82 bits per heavy atom. The predicted octanol–water partition coefficient (Wildman–Crippen LogP) is 2.41. The van der Waals surface area contributed by atoms with Crippen LogP contribution in [0.4, 0.5) is 5.69 Å². The van der Waals surface area contributed by atoms with Gasteiger partial charge in [-0.05, 0) is 24.6 Å². The molecule has 0 aliphatic carbocycles. The van der Waals surface area contributed by atoms with Crippen LogP contribution >= 0.6 is 12.4 Å². The van der Waals surface area contributed by atoms with E-state index >= 15 is 0 Å². The van der Waals surface area contributed by atoms with Gasteiger partial charge in [0.15, 0.2) is 9.84 Å². The molecule has 0 unspecified atom stereocenters. The molecule has 2 aromatic rings. The molecule has 28 heavy (non-hydrogen) atoms. The number of carbonyl (C=O) groups excluding carboxylic acids is 1. The first-order chi connectivity index (χ1) is 12.7. The third-order valence-electron chi connectivity index (χ3n) is 3.91. The van der Waals surface area contributed by atoms with Gasteiger partial charge in [-0.25, -0.2) is 8.42 Å². The van der Waals surface area contributed by atoms with Crippen molar-refractivity contribution < 1.29 is 18.1 Å². The number of halogens is 1. The van der Waals surface area contributed by atoms with Gasteiger partial charge in [0.2, 0.25) is 0 Å². The van der Waals surface area contributed by atoms with Gasteiger partial charge >= 0.3 is 0 Å². The van der Waals surface area contributed by atoms with E-state index in [2.05, 4.69) is 0 Å². The van der Waals surface area contributed by atoms with Crippen LogP contribution in [0.15, 0.2) is 53.4 Å². The molecule has 0 atom stereocenters. The van der Waals surface area contributed by atoms with Gasteiger partial charge in [-0.15, -0.1) is 12.4 Å². The van der Waals surface area contributed by atoms with Crippen LogP contribution in [0.25, 0.3) is 0 Å². The Morgan fingerprint density at radius 1 is 1.18 bits per heavy atom. The molecule has 152 valence electrons. The lowest BCUT2D eigenvalue weighted by atomic mass is 10.1. The molecule has 1 amide bonds. The smallest absolute Gasteiger partial charge is 0.271 e. The minimum absolute atomic E-state index is 0. The van der Waals surface area contributed by atoms with E-state index in [9.17, 15) is 23.3 Å². The zero-order chi connectivity index (χ0) is 20.0. The van der Waals surface area contributed by atoms with Gasteiger partial charge in [-0.2, -0.15) is 0 Å². The average molecular weight is 428 g/mol. The molecule has 2 N–H and O–H groups in total. The van der Waals surface area contributed by atoms with E-state index < -0.39 is 26.4 Å². The van der Waals surface area contributed by atoms with Gasteiger partial charge in [0.1, 0.15) is 0 Å². The Balaban J connectivity index is 0.00000392. The number of hydrogen-bond donors (Lipinski definition) is 1. The van der Waals surface area contributed by atoms with Crippen LogP contribution in [0.2, 0.25) is 0 Å². The lowest BCUT2D eigenvalue weighted by Gasteiger charge is -2.23. The maximum atomic E-state index is 13.0. The monoisotopic (exact) mass is 427 g/mol. The lowest BCUT2D eigenvalue weighted by Crippen LogP contribution is -2.32. The van der Waals surface area contributed by atoms with Crippen molar-refractivity contribution in [2.24, 2.45) is 5.73 Å². The van der Waals surface area contributed by atoms with Crippen LogP contribution in [0.5, 0.6) is 0 Å². The van der Waals surface area contributed by atoms with Crippen LogP contribution in [-0.4, -0.2) is 43.5 Å². The van der Waals surface area contributed by atoms with Crippen LogP contribution in [0.1, 0.15) is 22.3 Å². The van der Waals surface area contributed by atoms with Crippen molar-refractivity contribution in [2.75, 3.05) is 19.3 Å². The third-order valence-corrected chi connectivity index (χ3v) is 5.00. The van der Waals surface area contributed by atoms with Gasteiger partial charge in [0.05, 0.1) is 9.82 Å². The van der Waals surface area contributed by atoms with E-state index in [-0.39, 0.29) is 29.4 Å².